The Bertz CT molecular complexity index is 314. The smallest absolute Gasteiger partial charge is 0.262 e. The van der Waals surface area contributed by atoms with Gasteiger partial charge in [0.2, 0.25) is 0 Å². The predicted octanol–water partition coefficient (Wildman–Crippen LogP) is 1.04. The van der Waals surface area contributed by atoms with E-state index in [2.05, 4.69) is 25.0 Å². The first-order valence-electron chi connectivity index (χ1n) is 4.54. The third-order valence-corrected chi connectivity index (χ3v) is 3.56. The number of nitrogens with two attached hydrogens (primary N) is 1. The third-order valence-electron chi connectivity index (χ3n) is 1.57. The molecule has 0 heterocycles. The van der Waals surface area contributed by atoms with Crippen molar-refractivity contribution in [1.29, 1.82) is 5.26 Å². The molecular weight excluding hydrogens is 226 g/mol. The van der Waals surface area contributed by atoms with Crippen LogP contribution in [0.3, 0.4) is 0 Å². The molecular formula is C9H17N3OSSi. The second-order valence-corrected chi connectivity index (χ2v) is 10.6. The van der Waals surface area contributed by atoms with Gasteiger partial charge in [-0.3, -0.25) is 4.79 Å². The molecule has 0 bridgehead atoms. The third kappa shape index (κ3) is 5.49. The number of nitriles is 1. The van der Waals surface area contributed by atoms with Crippen LogP contribution in [0.5, 0.6) is 0 Å². The van der Waals surface area contributed by atoms with Crippen molar-refractivity contribution in [3.63, 3.8) is 0 Å². The molecule has 1 amide bonds. The largest absolute Gasteiger partial charge is 0.382 e. The van der Waals surface area contributed by atoms with Crippen molar-refractivity contribution in [1.82, 2.24) is 5.32 Å². The molecule has 0 aromatic heterocycles. The number of carbonyl (C=O) groups excluding carboxylic acids is 1. The number of rotatable bonds is 5. The summed E-state index contributed by atoms with van der Waals surface area (Å²) in [6.45, 7) is 6.61. The van der Waals surface area contributed by atoms with Crippen LogP contribution < -0.4 is 11.1 Å². The first-order valence-corrected chi connectivity index (χ1v) is 9.47. The van der Waals surface area contributed by atoms with Crippen molar-refractivity contribution in [2.45, 2.75) is 19.6 Å². The van der Waals surface area contributed by atoms with Gasteiger partial charge in [0.15, 0.2) is 0 Å². The van der Waals surface area contributed by atoms with E-state index in [1.807, 2.05) is 12.3 Å². The molecule has 0 radical (unpaired) electrons. The fourth-order valence-electron chi connectivity index (χ4n) is 0.826. The minimum Gasteiger partial charge on any atom is -0.382 e. The minimum absolute atomic E-state index is 0.0146. The van der Waals surface area contributed by atoms with Gasteiger partial charge in [0.25, 0.3) is 5.91 Å². The van der Waals surface area contributed by atoms with Gasteiger partial charge in [-0.1, -0.05) is 19.6 Å². The van der Waals surface area contributed by atoms with Gasteiger partial charge < -0.3 is 11.1 Å². The van der Waals surface area contributed by atoms with Crippen molar-refractivity contribution >= 4 is 25.7 Å². The Morgan fingerprint density at radius 1 is 1.53 bits per heavy atom. The van der Waals surface area contributed by atoms with E-state index in [-0.39, 0.29) is 5.57 Å². The van der Waals surface area contributed by atoms with Crippen LogP contribution in [0.4, 0.5) is 0 Å². The maximum Gasteiger partial charge on any atom is 0.262 e. The number of thioether (sulfide) groups is 1. The summed E-state index contributed by atoms with van der Waals surface area (Å²) in [5.74, 6) is -0.676. The van der Waals surface area contributed by atoms with Gasteiger partial charge in [-0.15, -0.1) is 11.8 Å². The molecule has 0 atom stereocenters. The highest BCUT2D eigenvalue weighted by Gasteiger charge is 2.16. The second-order valence-electron chi connectivity index (χ2n) is 4.30. The number of nitrogens with zero attached hydrogens (tertiary/aromatic N) is 1. The van der Waals surface area contributed by atoms with Gasteiger partial charge in [0, 0.05) is 6.17 Å². The molecule has 84 valence electrons. The lowest BCUT2D eigenvalue weighted by Gasteiger charge is -2.18. The topological polar surface area (TPSA) is 78.9 Å². The zero-order valence-corrected chi connectivity index (χ0v) is 11.4. The molecule has 0 saturated heterocycles. The summed E-state index contributed by atoms with van der Waals surface area (Å²) in [7, 11) is -1.25. The quantitative estimate of drug-likeness (QED) is 0.429. The molecule has 0 spiro atoms. The van der Waals surface area contributed by atoms with Crippen molar-refractivity contribution < 1.29 is 4.79 Å². The van der Waals surface area contributed by atoms with Crippen molar-refractivity contribution in [2.75, 3.05) is 12.4 Å². The Kier molecular flexibility index (Phi) is 5.47. The van der Waals surface area contributed by atoms with Gasteiger partial charge in [0.05, 0.1) is 13.1 Å². The Morgan fingerprint density at radius 3 is 2.33 bits per heavy atom. The average molecular weight is 243 g/mol. The van der Waals surface area contributed by atoms with Crippen LogP contribution in [0, 0.1) is 11.3 Å². The SMILES string of the molecule is CS/C(NC[Si](C)(C)C)=C(\C#N)C(N)=O. The van der Waals surface area contributed by atoms with Crippen LogP contribution in [0.25, 0.3) is 0 Å². The molecule has 0 aromatic carbocycles. The minimum atomic E-state index is -1.25. The van der Waals surface area contributed by atoms with Crippen LogP contribution in [0.2, 0.25) is 19.6 Å². The molecule has 0 aliphatic rings. The molecule has 15 heavy (non-hydrogen) atoms. The molecule has 4 nitrogen and oxygen atoms in total. The summed E-state index contributed by atoms with van der Waals surface area (Å²) in [5.41, 5.74) is 5.12. The lowest BCUT2D eigenvalue weighted by molar-refractivity contribution is -0.114. The highest BCUT2D eigenvalue weighted by molar-refractivity contribution is 8.02. The second kappa shape index (κ2) is 5.83. The number of nitrogens with one attached hydrogen (secondary N) is 1. The number of hydrogen-bond acceptors (Lipinski definition) is 4. The Labute approximate surface area is 95.9 Å². The summed E-state index contributed by atoms with van der Waals surface area (Å²) < 4.78 is 0. The van der Waals surface area contributed by atoms with E-state index >= 15 is 0 Å². The van der Waals surface area contributed by atoms with E-state index < -0.39 is 14.0 Å². The van der Waals surface area contributed by atoms with Crippen molar-refractivity contribution in [3.05, 3.63) is 10.6 Å². The Morgan fingerprint density at radius 2 is 2.07 bits per heavy atom. The standard InChI is InChI=1S/C9H17N3OSSi/c1-14-9(7(5-10)8(11)13)12-6-15(2,3)4/h12H,6H2,1-4H3,(H2,11,13)/b9-7+. The lowest BCUT2D eigenvalue weighted by atomic mass is 10.3. The Balaban J connectivity index is 4.76. The molecule has 0 aromatic rings. The molecule has 3 N–H and O–H groups in total. The summed E-state index contributed by atoms with van der Waals surface area (Å²) in [6, 6.07) is 1.83. The molecule has 0 saturated carbocycles. The molecule has 6 heteroatoms. The van der Waals surface area contributed by atoms with Crippen LogP contribution in [-0.4, -0.2) is 26.4 Å². The van der Waals surface area contributed by atoms with Crippen LogP contribution in [-0.2, 0) is 4.79 Å². The van der Waals surface area contributed by atoms with Crippen molar-refractivity contribution in [2.24, 2.45) is 5.73 Å². The molecule has 0 fully saturated rings. The average Bonchev–Trinajstić information content (AvgIpc) is 2.09. The first-order chi connectivity index (χ1) is 6.81. The number of amides is 1. The normalized spacial score (nSPS) is 12.7. The van der Waals surface area contributed by atoms with Crippen LogP contribution in [0.15, 0.2) is 10.6 Å². The summed E-state index contributed by atoms with van der Waals surface area (Å²) >= 11 is 1.34. The zero-order chi connectivity index (χ0) is 12.1. The Hall–Kier alpha value is -0.933. The first kappa shape index (κ1) is 14.1. The molecule has 0 unspecified atom stereocenters. The van der Waals surface area contributed by atoms with Crippen LogP contribution in [0.1, 0.15) is 0 Å². The van der Waals surface area contributed by atoms with E-state index in [1.165, 1.54) is 11.8 Å². The van der Waals surface area contributed by atoms with Gasteiger partial charge in [-0.25, -0.2) is 0 Å². The zero-order valence-electron chi connectivity index (χ0n) is 9.55. The highest BCUT2D eigenvalue weighted by Crippen LogP contribution is 2.14. The summed E-state index contributed by atoms with van der Waals surface area (Å²) in [5, 5.41) is 12.5. The van der Waals surface area contributed by atoms with Gasteiger partial charge in [0.1, 0.15) is 11.6 Å². The summed E-state index contributed by atoms with van der Waals surface area (Å²) in [4.78, 5) is 11.0. The van der Waals surface area contributed by atoms with Gasteiger partial charge >= 0.3 is 0 Å². The summed E-state index contributed by atoms with van der Waals surface area (Å²) in [6.07, 6.45) is 2.63. The van der Waals surface area contributed by atoms with E-state index in [1.54, 1.807) is 0 Å². The molecule has 0 rings (SSSR count). The van der Waals surface area contributed by atoms with Crippen LogP contribution >= 0.6 is 11.8 Å². The maximum absolute atomic E-state index is 11.0. The number of hydrogen-bond donors (Lipinski definition) is 2. The fourth-order valence-corrected chi connectivity index (χ4v) is 2.23. The van der Waals surface area contributed by atoms with Gasteiger partial charge in [-0.05, 0) is 6.26 Å². The van der Waals surface area contributed by atoms with E-state index in [4.69, 9.17) is 11.0 Å². The number of primary amides is 1. The number of carbonyl (C=O) groups is 1. The monoisotopic (exact) mass is 243 g/mol. The van der Waals surface area contributed by atoms with Crippen molar-refractivity contribution in [3.8, 4) is 6.07 Å². The maximum atomic E-state index is 11.0. The van der Waals surface area contributed by atoms with E-state index in [9.17, 15) is 4.79 Å². The highest BCUT2D eigenvalue weighted by atomic mass is 32.2. The van der Waals surface area contributed by atoms with E-state index in [0.717, 1.165) is 6.17 Å². The van der Waals surface area contributed by atoms with E-state index in [0.29, 0.717) is 5.03 Å². The molecule has 0 aliphatic heterocycles. The fraction of sp³-hybridized carbons (Fsp3) is 0.556. The molecule has 0 aliphatic carbocycles. The van der Waals surface area contributed by atoms with Gasteiger partial charge in [-0.2, -0.15) is 5.26 Å². The predicted molar refractivity (Wildman–Crippen MR) is 66.7 cm³/mol. The lowest BCUT2D eigenvalue weighted by Crippen LogP contribution is -2.36.